The SMILES string of the molecule is COC(=O)CCCS(=O)(=O)N1CCCC[C@@H]1C(=O)OC. The highest BCUT2D eigenvalue weighted by molar-refractivity contribution is 7.89. The summed E-state index contributed by atoms with van der Waals surface area (Å²) in [7, 11) is -1.06. The van der Waals surface area contributed by atoms with Crippen LogP contribution in [-0.4, -0.2) is 57.2 Å². The molecule has 0 radical (unpaired) electrons. The minimum absolute atomic E-state index is 0.0481. The van der Waals surface area contributed by atoms with Gasteiger partial charge in [0.15, 0.2) is 0 Å². The molecule has 1 heterocycles. The van der Waals surface area contributed by atoms with E-state index in [-0.39, 0.29) is 18.6 Å². The van der Waals surface area contributed by atoms with Crippen molar-refractivity contribution >= 4 is 22.0 Å². The van der Waals surface area contributed by atoms with Crippen LogP contribution < -0.4 is 0 Å². The number of carbonyl (C=O) groups is 2. The molecule has 1 aliphatic rings. The van der Waals surface area contributed by atoms with E-state index >= 15 is 0 Å². The van der Waals surface area contributed by atoms with Crippen molar-refractivity contribution in [1.82, 2.24) is 4.31 Å². The molecular weight excluding hydrogens is 286 g/mol. The number of ether oxygens (including phenoxy) is 2. The zero-order chi connectivity index (χ0) is 15.2. The fourth-order valence-corrected chi connectivity index (χ4v) is 3.96. The smallest absolute Gasteiger partial charge is 0.324 e. The molecule has 116 valence electrons. The molecule has 20 heavy (non-hydrogen) atoms. The van der Waals surface area contributed by atoms with Crippen LogP contribution in [0.25, 0.3) is 0 Å². The maximum Gasteiger partial charge on any atom is 0.324 e. The first-order valence-electron chi connectivity index (χ1n) is 6.56. The summed E-state index contributed by atoms with van der Waals surface area (Å²) >= 11 is 0. The first-order chi connectivity index (χ1) is 9.42. The summed E-state index contributed by atoms with van der Waals surface area (Å²) in [6.45, 7) is 0.320. The van der Waals surface area contributed by atoms with E-state index in [0.29, 0.717) is 13.0 Å². The summed E-state index contributed by atoms with van der Waals surface area (Å²) in [5.74, 6) is -1.14. The Morgan fingerprint density at radius 2 is 1.90 bits per heavy atom. The Kier molecular flexibility index (Phi) is 6.41. The Morgan fingerprint density at radius 3 is 2.50 bits per heavy atom. The summed E-state index contributed by atoms with van der Waals surface area (Å²) in [6, 6.07) is -0.739. The molecule has 0 aliphatic carbocycles. The van der Waals surface area contributed by atoms with Gasteiger partial charge in [0.25, 0.3) is 0 Å². The first kappa shape index (κ1) is 16.9. The molecule has 1 atom stereocenters. The zero-order valence-electron chi connectivity index (χ0n) is 11.8. The summed E-state index contributed by atoms with van der Waals surface area (Å²) in [5.41, 5.74) is 0. The van der Waals surface area contributed by atoms with E-state index in [4.69, 9.17) is 0 Å². The molecule has 0 N–H and O–H groups in total. The van der Waals surface area contributed by atoms with Crippen LogP contribution in [0.15, 0.2) is 0 Å². The Labute approximate surface area is 119 Å². The molecule has 0 aromatic heterocycles. The molecule has 0 unspecified atom stereocenters. The van der Waals surface area contributed by atoms with Crippen LogP contribution in [0.2, 0.25) is 0 Å². The van der Waals surface area contributed by atoms with E-state index in [1.165, 1.54) is 18.5 Å². The molecule has 0 saturated carbocycles. The van der Waals surface area contributed by atoms with Crippen molar-refractivity contribution in [2.75, 3.05) is 26.5 Å². The lowest BCUT2D eigenvalue weighted by atomic mass is 10.1. The van der Waals surface area contributed by atoms with E-state index in [2.05, 4.69) is 9.47 Å². The first-order valence-corrected chi connectivity index (χ1v) is 8.17. The van der Waals surface area contributed by atoms with Crippen molar-refractivity contribution in [1.29, 1.82) is 0 Å². The number of esters is 2. The Morgan fingerprint density at radius 1 is 1.20 bits per heavy atom. The molecule has 8 heteroatoms. The molecule has 0 spiro atoms. The summed E-state index contributed by atoms with van der Waals surface area (Å²) in [5, 5.41) is 0. The number of hydrogen-bond acceptors (Lipinski definition) is 6. The highest BCUT2D eigenvalue weighted by Gasteiger charge is 2.36. The van der Waals surface area contributed by atoms with Crippen molar-refractivity contribution < 1.29 is 27.5 Å². The zero-order valence-corrected chi connectivity index (χ0v) is 12.6. The van der Waals surface area contributed by atoms with Gasteiger partial charge in [-0.15, -0.1) is 0 Å². The lowest BCUT2D eigenvalue weighted by Crippen LogP contribution is -2.49. The van der Waals surface area contributed by atoms with Gasteiger partial charge in [0, 0.05) is 13.0 Å². The highest BCUT2D eigenvalue weighted by Crippen LogP contribution is 2.22. The summed E-state index contributed by atoms with van der Waals surface area (Å²) in [4.78, 5) is 22.6. The van der Waals surface area contributed by atoms with Crippen LogP contribution in [0.1, 0.15) is 32.1 Å². The van der Waals surface area contributed by atoms with E-state index in [1.54, 1.807) is 0 Å². The minimum atomic E-state index is -3.57. The lowest BCUT2D eigenvalue weighted by Gasteiger charge is -2.32. The number of methoxy groups -OCH3 is 2. The Balaban J connectivity index is 2.67. The lowest BCUT2D eigenvalue weighted by molar-refractivity contribution is -0.146. The third-order valence-electron chi connectivity index (χ3n) is 3.30. The van der Waals surface area contributed by atoms with Gasteiger partial charge in [-0.2, -0.15) is 4.31 Å². The van der Waals surface area contributed by atoms with E-state index < -0.39 is 28.0 Å². The number of sulfonamides is 1. The van der Waals surface area contributed by atoms with Crippen molar-refractivity contribution in [2.24, 2.45) is 0 Å². The third-order valence-corrected chi connectivity index (χ3v) is 5.25. The second kappa shape index (κ2) is 7.58. The van der Waals surface area contributed by atoms with Crippen LogP contribution in [0.5, 0.6) is 0 Å². The fraction of sp³-hybridized carbons (Fsp3) is 0.833. The van der Waals surface area contributed by atoms with Gasteiger partial charge in [-0.3, -0.25) is 9.59 Å². The molecule has 7 nitrogen and oxygen atoms in total. The molecule has 0 bridgehead atoms. The monoisotopic (exact) mass is 307 g/mol. The number of carbonyl (C=O) groups excluding carboxylic acids is 2. The van der Waals surface area contributed by atoms with Crippen LogP contribution in [0.3, 0.4) is 0 Å². The number of hydrogen-bond donors (Lipinski definition) is 0. The molecule has 0 aromatic rings. The van der Waals surface area contributed by atoms with Crippen LogP contribution >= 0.6 is 0 Å². The predicted molar refractivity (Wildman–Crippen MR) is 71.4 cm³/mol. The minimum Gasteiger partial charge on any atom is -0.469 e. The van der Waals surface area contributed by atoms with E-state index in [0.717, 1.165) is 12.8 Å². The van der Waals surface area contributed by atoms with Gasteiger partial charge >= 0.3 is 11.9 Å². The van der Waals surface area contributed by atoms with Gasteiger partial charge in [0.1, 0.15) is 6.04 Å². The summed E-state index contributed by atoms with van der Waals surface area (Å²) < 4.78 is 34.8. The topological polar surface area (TPSA) is 90.0 Å². The average Bonchev–Trinajstić information content (AvgIpc) is 2.46. The van der Waals surface area contributed by atoms with E-state index in [1.807, 2.05) is 0 Å². The van der Waals surface area contributed by atoms with Crippen molar-refractivity contribution in [3.8, 4) is 0 Å². The van der Waals surface area contributed by atoms with Crippen LogP contribution in [-0.2, 0) is 29.1 Å². The molecule has 0 amide bonds. The van der Waals surface area contributed by atoms with Crippen LogP contribution in [0.4, 0.5) is 0 Å². The standard InChI is InChI=1S/C12H21NO6S/c1-18-11(14)7-5-9-20(16,17)13-8-4-3-6-10(13)12(15)19-2/h10H,3-9H2,1-2H3/t10-/m1/s1. The predicted octanol–water partition coefficient (Wildman–Crippen LogP) is 0.297. The highest BCUT2D eigenvalue weighted by atomic mass is 32.2. The van der Waals surface area contributed by atoms with Gasteiger partial charge < -0.3 is 9.47 Å². The molecule has 1 rings (SSSR count). The third kappa shape index (κ3) is 4.45. The van der Waals surface area contributed by atoms with Gasteiger partial charge in [-0.25, -0.2) is 8.42 Å². The molecule has 1 fully saturated rings. The molecule has 1 aliphatic heterocycles. The quantitative estimate of drug-likeness (QED) is 0.655. The fourth-order valence-electron chi connectivity index (χ4n) is 2.23. The maximum atomic E-state index is 12.3. The largest absolute Gasteiger partial charge is 0.469 e. The van der Waals surface area contributed by atoms with Gasteiger partial charge in [-0.1, -0.05) is 0 Å². The molecule has 1 saturated heterocycles. The number of rotatable bonds is 6. The van der Waals surface area contributed by atoms with Crippen LogP contribution in [0, 0.1) is 0 Å². The van der Waals surface area contributed by atoms with Crippen molar-refractivity contribution in [2.45, 2.75) is 38.1 Å². The second-order valence-electron chi connectivity index (χ2n) is 4.64. The van der Waals surface area contributed by atoms with Crippen molar-refractivity contribution in [3.05, 3.63) is 0 Å². The second-order valence-corrected chi connectivity index (χ2v) is 6.68. The van der Waals surface area contributed by atoms with Gasteiger partial charge in [0.05, 0.1) is 20.0 Å². The Bertz CT molecular complexity index is 447. The number of nitrogens with zero attached hydrogens (tertiary/aromatic N) is 1. The molecule has 0 aromatic carbocycles. The normalized spacial score (nSPS) is 20.4. The van der Waals surface area contributed by atoms with Gasteiger partial charge in [0.2, 0.25) is 10.0 Å². The molecular formula is C12H21NO6S. The Hall–Kier alpha value is -1.15. The maximum absolute atomic E-state index is 12.3. The van der Waals surface area contributed by atoms with E-state index in [9.17, 15) is 18.0 Å². The van der Waals surface area contributed by atoms with Crippen molar-refractivity contribution in [3.63, 3.8) is 0 Å². The summed E-state index contributed by atoms with van der Waals surface area (Å²) in [6.07, 6.45) is 2.23. The average molecular weight is 307 g/mol. The number of piperidine rings is 1. The van der Waals surface area contributed by atoms with Gasteiger partial charge in [-0.05, 0) is 25.7 Å².